The lowest BCUT2D eigenvalue weighted by molar-refractivity contribution is -0.136. The van der Waals surface area contributed by atoms with Crippen molar-refractivity contribution in [3.05, 3.63) is 0 Å². The Balaban J connectivity index is 3.32. The number of hydrogen-bond donors (Lipinski definition) is 2. The van der Waals surface area contributed by atoms with E-state index in [9.17, 15) is 9.35 Å². The Morgan fingerprint density at radius 1 is 0.792 bits per heavy atom. The average Bonchev–Trinajstić information content (AvgIpc) is 2.54. The minimum atomic E-state index is -1.98. The lowest BCUT2D eigenvalue weighted by Crippen LogP contribution is -2.25. The topological polar surface area (TPSA) is 57.5 Å². The summed E-state index contributed by atoms with van der Waals surface area (Å²) in [6.07, 6.45) is 20.1. The van der Waals surface area contributed by atoms with Gasteiger partial charge in [-0.15, -0.1) is 10.3 Å². The summed E-state index contributed by atoms with van der Waals surface area (Å²) < 4.78 is 10.2. The molecule has 146 valence electrons. The van der Waals surface area contributed by atoms with E-state index in [0.717, 1.165) is 12.8 Å². The highest BCUT2D eigenvalue weighted by atomic mass is 32.3. The molecule has 24 heavy (non-hydrogen) atoms. The van der Waals surface area contributed by atoms with Crippen LogP contribution in [0.3, 0.4) is 0 Å². The molecule has 0 saturated carbocycles. The highest BCUT2D eigenvalue weighted by molar-refractivity contribution is 8.29. The van der Waals surface area contributed by atoms with Gasteiger partial charge in [0, 0.05) is 0 Å². The van der Waals surface area contributed by atoms with Crippen molar-refractivity contribution >= 4 is 16.3 Å². The van der Waals surface area contributed by atoms with Crippen LogP contribution in [0.2, 0.25) is 0 Å². The second-order valence-corrected chi connectivity index (χ2v) is 10.7. The van der Waals surface area contributed by atoms with Gasteiger partial charge in [-0.05, 0) is 25.4 Å². The van der Waals surface area contributed by atoms with Crippen molar-refractivity contribution in [2.24, 2.45) is 0 Å². The minimum absolute atomic E-state index is 0.612. The van der Waals surface area contributed by atoms with Crippen LogP contribution in [0.5, 0.6) is 0 Å². The third kappa shape index (κ3) is 13.1. The molecule has 0 radical (unpaired) electrons. The van der Waals surface area contributed by atoms with Crippen LogP contribution < -0.4 is 0 Å². The number of carbonyl (C=O) groups is 1. The number of rotatable bonds is 17. The van der Waals surface area contributed by atoms with Gasteiger partial charge in [-0.3, -0.25) is 4.79 Å². The number of aliphatic carboxylic acids is 1. The van der Waals surface area contributed by atoms with Gasteiger partial charge in [0.2, 0.25) is 0 Å². The fourth-order valence-electron chi connectivity index (χ4n) is 2.98. The van der Waals surface area contributed by atoms with E-state index in [0.29, 0.717) is 5.75 Å². The van der Waals surface area contributed by atoms with E-state index in [2.05, 4.69) is 6.92 Å². The molecule has 0 rings (SSSR count). The quantitative estimate of drug-likeness (QED) is 0.278. The molecule has 0 fully saturated rings. The lowest BCUT2D eigenvalue weighted by Gasteiger charge is -2.33. The Morgan fingerprint density at radius 2 is 1.12 bits per heavy atom. The van der Waals surface area contributed by atoms with Crippen LogP contribution in [-0.2, 0) is 4.79 Å². The smallest absolute Gasteiger partial charge is 0.316 e. The van der Waals surface area contributed by atoms with Gasteiger partial charge in [-0.25, -0.2) is 0 Å². The fourth-order valence-corrected chi connectivity index (χ4v) is 4.56. The number of carboxylic acid groups (broad SMARTS) is 1. The maximum atomic E-state index is 11.0. The van der Waals surface area contributed by atoms with Crippen LogP contribution in [-0.4, -0.2) is 32.9 Å². The Labute approximate surface area is 152 Å². The van der Waals surface area contributed by atoms with Crippen molar-refractivity contribution < 1.29 is 14.5 Å². The molecular formula is C20H42O3S. The second-order valence-electron chi connectivity index (χ2n) is 7.39. The third-order valence-electron chi connectivity index (χ3n) is 5.02. The lowest BCUT2D eigenvalue weighted by atomic mass is 10.0. The zero-order valence-corrected chi connectivity index (χ0v) is 17.2. The predicted octanol–water partition coefficient (Wildman–Crippen LogP) is 6.85. The van der Waals surface area contributed by atoms with Crippen molar-refractivity contribution in [3.8, 4) is 0 Å². The molecule has 0 bridgehead atoms. The van der Waals surface area contributed by atoms with Crippen LogP contribution in [0, 0.1) is 0 Å². The summed E-state index contributed by atoms with van der Waals surface area (Å²) in [5.74, 6) is -0.209. The summed E-state index contributed by atoms with van der Waals surface area (Å²) in [5.41, 5.74) is 0. The molecule has 0 aliphatic carbocycles. The van der Waals surface area contributed by atoms with Crippen LogP contribution in [0.15, 0.2) is 0 Å². The largest absolute Gasteiger partial charge is 0.480 e. The van der Waals surface area contributed by atoms with Crippen molar-refractivity contribution in [2.75, 3.05) is 12.0 Å². The van der Waals surface area contributed by atoms with E-state index in [-0.39, 0.29) is 0 Å². The Morgan fingerprint density at radius 3 is 1.46 bits per heavy atom. The number of carboxylic acids is 1. The summed E-state index contributed by atoms with van der Waals surface area (Å²) in [7, 11) is -1.98. The number of unbranched alkanes of at least 4 members (excludes halogenated alkanes) is 13. The molecule has 0 aromatic rings. The van der Waals surface area contributed by atoms with Crippen molar-refractivity contribution in [1.29, 1.82) is 0 Å². The van der Waals surface area contributed by atoms with E-state index >= 15 is 0 Å². The maximum Gasteiger partial charge on any atom is 0.316 e. The molecule has 0 aromatic carbocycles. The zero-order valence-electron chi connectivity index (χ0n) is 16.4. The predicted molar refractivity (Wildman–Crippen MR) is 108 cm³/mol. The fraction of sp³-hybridized carbons (Fsp3) is 0.950. The van der Waals surface area contributed by atoms with Crippen molar-refractivity contribution in [3.63, 3.8) is 0 Å². The molecular weight excluding hydrogens is 320 g/mol. The Hall–Kier alpha value is -0.220. The summed E-state index contributed by atoms with van der Waals surface area (Å²) >= 11 is 0. The molecule has 3 nitrogen and oxygen atoms in total. The first-order valence-electron chi connectivity index (χ1n) is 10.1. The van der Waals surface area contributed by atoms with Crippen LogP contribution in [0.25, 0.3) is 0 Å². The maximum absolute atomic E-state index is 11.0. The molecule has 2 unspecified atom stereocenters. The van der Waals surface area contributed by atoms with E-state index in [1.165, 1.54) is 77.0 Å². The SMILES string of the molecule is CCCCCCCCCCCCCCCCS(C)(O)C(C)C(=O)O. The van der Waals surface area contributed by atoms with Gasteiger partial charge < -0.3 is 9.66 Å². The van der Waals surface area contributed by atoms with Crippen LogP contribution in [0.1, 0.15) is 104 Å². The molecule has 0 aliphatic heterocycles. The van der Waals surface area contributed by atoms with Gasteiger partial charge in [0.05, 0.1) is 0 Å². The minimum Gasteiger partial charge on any atom is -0.480 e. The molecule has 2 atom stereocenters. The Bertz CT molecular complexity index is 305. The van der Waals surface area contributed by atoms with E-state index in [1.54, 1.807) is 13.2 Å². The normalized spacial score (nSPS) is 16.5. The first-order valence-corrected chi connectivity index (χ1v) is 12.3. The second kappa shape index (κ2) is 15.1. The van der Waals surface area contributed by atoms with E-state index in [1.807, 2.05) is 0 Å². The molecule has 0 spiro atoms. The summed E-state index contributed by atoms with van der Waals surface area (Å²) in [4.78, 5) is 11.0. The van der Waals surface area contributed by atoms with Gasteiger partial charge in [0.15, 0.2) is 0 Å². The van der Waals surface area contributed by atoms with Gasteiger partial charge in [0.25, 0.3) is 0 Å². The Kier molecular flexibility index (Phi) is 14.9. The van der Waals surface area contributed by atoms with Gasteiger partial charge in [0.1, 0.15) is 5.25 Å². The molecule has 0 aliphatic rings. The van der Waals surface area contributed by atoms with Gasteiger partial charge >= 0.3 is 5.97 Å². The average molecular weight is 363 g/mol. The highest BCUT2D eigenvalue weighted by Gasteiger charge is 2.28. The molecule has 0 aromatic heterocycles. The standard InChI is InChI=1S/C20H42O3S/c1-4-5-6-7-8-9-10-11-12-13-14-15-16-17-18-24(3,23)19(2)20(21)22/h19,23H,4-18H2,1-3H3,(H,21,22). The van der Waals surface area contributed by atoms with Gasteiger partial charge in [-0.1, -0.05) is 90.4 Å². The first-order chi connectivity index (χ1) is 11.4. The zero-order chi connectivity index (χ0) is 18.3. The summed E-state index contributed by atoms with van der Waals surface area (Å²) in [5, 5.41) is 8.38. The van der Waals surface area contributed by atoms with E-state index < -0.39 is 21.5 Å². The van der Waals surface area contributed by atoms with Crippen LogP contribution >= 0.6 is 10.3 Å². The van der Waals surface area contributed by atoms with Crippen molar-refractivity contribution in [2.45, 2.75) is 109 Å². The first kappa shape index (κ1) is 23.8. The molecule has 0 amide bonds. The van der Waals surface area contributed by atoms with Gasteiger partial charge in [-0.2, -0.15) is 0 Å². The van der Waals surface area contributed by atoms with E-state index in [4.69, 9.17) is 5.11 Å². The third-order valence-corrected chi connectivity index (χ3v) is 7.86. The monoisotopic (exact) mass is 362 g/mol. The molecule has 0 heterocycles. The summed E-state index contributed by atoms with van der Waals surface area (Å²) in [6.45, 7) is 3.89. The van der Waals surface area contributed by atoms with Crippen LogP contribution in [0.4, 0.5) is 0 Å². The molecule has 4 heteroatoms. The summed E-state index contributed by atoms with van der Waals surface area (Å²) in [6, 6.07) is 0. The number of hydrogen-bond acceptors (Lipinski definition) is 2. The highest BCUT2D eigenvalue weighted by Crippen LogP contribution is 2.45. The van der Waals surface area contributed by atoms with Crippen molar-refractivity contribution in [1.82, 2.24) is 0 Å². The molecule has 2 N–H and O–H groups in total. The molecule has 0 saturated heterocycles.